The second-order valence-electron chi connectivity index (χ2n) is 5.57. The number of hydrogen-bond donors (Lipinski definition) is 3. The molecule has 2 rings (SSSR count). The molecule has 1 aromatic rings. The van der Waals surface area contributed by atoms with Gasteiger partial charge in [-0.05, 0) is 12.8 Å². The van der Waals surface area contributed by atoms with E-state index in [1.54, 1.807) is 6.20 Å². The zero-order chi connectivity index (χ0) is 14.7. The van der Waals surface area contributed by atoms with Crippen LogP contribution in [0.5, 0.6) is 0 Å². The normalized spacial score (nSPS) is 21.2. The van der Waals surface area contributed by atoms with Crippen LogP contribution in [0.1, 0.15) is 41.6 Å². The van der Waals surface area contributed by atoms with Gasteiger partial charge >= 0.3 is 0 Å². The number of aryl methyl sites for hydroxylation is 1. The second-order valence-corrected chi connectivity index (χ2v) is 5.57. The summed E-state index contributed by atoms with van der Waals surface area (Å²) in [4.78, 5) is 20.7. The molecule has 1 saturated heterocycles. The first-order chi connectivity index (χ1) is 9.49. The lowest BCUT2D eigenvalue weighted by atomic mass is 10.0. The molecule has 7 heteroatoms. The van der Waals surface area contributed by atoms with Gasteiger partial charge in [0.15, 0.2) is 0 Å². The van der Waals surface area contributed by atoms with E-state index in [-0.39, 0.29) is 30.2 Å². The number of carbonyl (C=O) groups excluding carboxylic acids is 1. The van der Waals surface area contributed by atoms with Crippen LogP contribution in [0, 0.1) is 12.8 Å². The zero-order valence-electron chi connectivity index (χ0n) is 12.6. The average molecular weight is 315 g/mol. The van der Waals surface area contributed by atoms with Gasteiger partial charge in [0, 0.05) is 31.7 Å². The first-order valence-corrected chi connectivity index (χ1v) is 6.99. The summed E-state index contributed by atoms with van der Waals surface area (Å²) in [5.74, 6) is 0.720. The van der Waals surface area contributed by atoms with Crippen LogP contribution in [-0.2, 0) is 0 Å². The van der Waals surface area contributed by atoms with Crippen LogP contribution >= 0.6 is 12.4 Å². The highest BCUT2D eigenvalue weighted by atomic mass is 35.5. The number of nitrogens with one attached hydrogen (secondary N) is 2. The van der Waals surface area contributed by atoms with Crippen molar-refractivity contribution in [2.75, 3.05) is 19.6 Å². The maximum absolute atomic E-state index is 12.3. The standard InChI is InChI=1S/C14H22N4O2.ClH/c1-8(2)13-11(6-16-9(3)18-13)14(20)17-5-10-4-15-7-12(10)19;/h6,8,10,12,15,19H,4-5,7H2,1-3H3,(H,17,20);1H. The Bertz CT molecular complexity index is 496. The fourth-order valence-electron chi connectivity index (χ4n) is 2.35. The Morgan fingerprint density at radius 3 is 2.81 bits per heavy atom. The van der Waals surface area contributed by atoms with Gasteiger partial charge in [-0.2, -0.15) is 0 Å². The maximum Gasteiger partial charge on any atom is 0.254 e. The number of rotatable bonds is 4. The van der Waals surface area contributed by atoms with Crippen LogP contribution in [0.15, 0.2) is 6.20 Å². The smallest absolute Gasteiger partial charge is 0.254 e. The van der Waals surface area contributed by atoms with E-state index in [1.807, 2.05) is 20.8 Å². The number of carbonyl (C=O) groups is 1. The molecule has 2 heterocycles. The molecule has 1 aliphatic heterocycles. The van der Waals surface area contributed by atoms with E-state index < -0.39 is 6.10 Å². The molecule has 1 aromatic heterocycles. The van der Waals surface area contributed by atoms with Gasteiger partial charge in [0.2, 0.25) is 0 Å². The molecule has 2 atom stereocenters. The average Bonchev–Trinajstić information content (AvgIpc) is 2.81. The second kappa shape index (κ2) is 7.68. The van der Waals surface area contributed by atoms with Crippen molar-refractivity contribution in [1.29, 1.82) is 0 Å². The molecule has 0 aliphatic carbocycles. The third-order valence-electron chi connectivity index (χ3n) is 3.56. The number of β-amino-alcohol motifs (C(OH)–C–C–N with tert-alkyl or cyclic N) is 1. The maximum atomic E-state index is 12.3. The minimum atomic E-state index is -0.394. The molecule has 0 radical (unpaired) electrons. The predicted octanol–water partition coefficient (Wildman–Crippen LogP) is 0.640. The summed E-state index contributed by atoms with van der Waals surface area (Å²) in [5, 5.41) is 15.7. The number of aliphatic hydroxyl groups excluding tert-OH is 1. The van der Waals surface area contributed by atoms with Gasteiger partial charge in [-0.15, -0.1) is 12.4 Å². The van der Waals surface area contributed by atoms with Crippen LogP contribution in [0.25, 0.3) is 0 Å². The van der Waals surface area contributed by atoms with E-state index in [1.165, 1.54) is 0 Å². The Morgan fingerprint density at radius 1 is 1.52 bits per heavy atom. The first kappa shape index (κ1) is 17.8. The van der Waals surface area contributed by atoms with E-state index in [0.717, 1.165) is 12.2 Å². The van der Waals surface area contributed by atoms with Crippen molar-refractivity contribution in [3.63, 3.8) is 0 Å². The van der Waals surface area contributed by atoms with Crippen molar-refractivity contribution in [1.82, 2.24) is 20.6 Å². The molecule has 1 amide bonds. The van der Waals surface area contributed by atoms with Crippen molar-refractivity contribution in [2.45, 2.75) is 32.8 Å². The molecule has 2 unspecified atom stereocenters. The highest BCUT2D eigenvalue weighted by Gasteiger charge is 2.25. The summed E-state index contributed by atoms with van der Waals surface area (Å²) in [6, 6.07) is 0. The van der Waals surface area contributed by atoms with E-state index in [0.29, 0.717) is 24.5 Å². The topological polar surface area (TPSA) is 87.1 Å². The molecular formula is C14H23ClN4O2. The van der Waals surface area contributed by atoms with Gasteiger partial charge in [0.25, 0.3) is 5.91 Å². The lowest BCUT2D eigenvalue weighted by Crippen LogP contribution is -2.35. The number of aliphatic hydroxyl groups is 1. The van der Waals surface area contributed by atoms with Crippen molar-refractivity contribution in [3.8, 4) is 0 Å². The predicted molar refractivity (Wildman–Crippen MR) is 82.8 cm³/mol. The quantitative estimate of drug-likeness (QED) is 0.759. The monoisotopic (exact) mass is 314 g/mol. The van der Waals surface area contributed by atoms with Crippen LogP contribution in [0.4, 0.5) is 0 Å². The van der Waals surface area contributed by atoms with Gasteiger partial charge in [-0.1, -0.05) is 13.8 Å². The van der Waals surface area contributed by atoms with E-state index in [4.69, 9.17) is 0 Å². The molecule has 1 aliphatic rings. The number of aromatic nitrogens is 2. The fraction of sp³-hybridized carbons (Fsp3) is 0.643. The third kappa shape index (κ3) is 4.36. The minimum absolute atomic E-state index is 0. The summed E-state index contributed by atoms with van der Waals surface area (Å²) < 4.78 is 0. The summed E-state index contributed by atoms with van der Waals surface area (Å²) in [5.41, 5.74) is 1.28. The molecule has 0 aromatic carbocycles. The van der Waals surface area contributed by atoms with Crippen molar-refractivity contribution in [3.05, 3.63) is 23.3 Å². The van der Waals surface area contributed by atoms with Gasteiger partial charge in [-0.25, -0.2) is 9.97 Å². The van der Waals surface area contributed by atoms with Crippen molar-refractivity contribution < 1.29 is 9.90 Å². The zero-order valence-corrected chi connectivity index (χ0v) is 13.4. The summed E-state index contributed by atoms with van der Waals surface area (Å²) in [6.45, 7) is 7.59. The minimum Gasteiger partial charge on any atom is -0.391 e. The fourth-order valence-corrected chi connectivity index (χ4v) is 2.35. The molecule has 118 valence electrons. The lowest BCUT2D eigenvalue weighted by Gasteiger charge is -2.16. The highest BCUT2D eigenvalue weighted by Crippen LogP contribution is 2.16. The Kier molecular flexibility index (Phi) is 6.51. The Morgan fingerprint density at radius 2 is 2.24 bits per heavy atom. The summed E-state index contributed by atoms with van der Waals surface area (Å²) in [7, 11) is 0. The van der Waals surface area contributed by atoms with E-state index >= 15 is 0 Å². The Balaban J connectivity index is 0.00000220. The van der Waals surface area contributed by atoms with Crippen molar-refractivity contribution >= 4 is 18.3 Å². The number of halogens is 1. The number of nitrogens with zero attached hydrogens (tertiary/aromatic N) is 2. The summed E-state index contributed by atoms with van der Waals surface area (Å²) >= 11 is 0. The Hall–Kier alpha value is -1.24. The molecule has 0 saturated carbocycles. The van der Waals surface area contributed by atoms with Gasteiger partial charge in [0.05, 0.1) is 17.4 Å². The van der Waals surface area contributed by atoms with Crippen LogP contribution in [0.2, 0.25) is 0 Å². The molecule has 21 heavy (non-hydrogen) atoms. The van der Waals surface area contributed by atoms with Crippen LogP contribution < -0.4 is 10.6 Å². The van der Waals surface area contributed by atoms with Gasteiger partial charge in [0.1, 0.15) is 5.82 Å². The molecule has 0 spiro atoms. The van der Waals surface area contributed by atoms with Gasteiger partial charge < -0.3 is 15.7 Å². The largest absolute Gasteiger partial charge is 0.391 e. The highest BCUT2D eigenvalue weighted by molar-refractivity contribution is 5.95. The molecular weight excluding hydrogens is 292 g/mol. The molecule has 0 bridgehead atoms. The molecule has 6 nitrogen and oxygen atoms in total. The lowest BCUT2D eigenvalue weighted by molar-refractivity contribution is 0.0925. The van der Waals surface area contributed by atoms with Crippen LogP contribution in [-0.4, -0.2) is 46.7 Å². The molecule has 3 N–H and O–H groups in total. The number of hydrogen-bond acceptors (Lipinski definition) is 5. The third-order valence-corrected chi connectivity index (χ3v) is 3.56. The summed E-state index contributed by atoms with van der Waals surface area (Å²) in [6.07, 6.45) is 1.19. The van der Waals surface area contributed by atoms with Crippen molar-refractivity contribution in [2.24, 2.45) is 5.92 Å². The van der Waals surface area contributed by atoms with E-state index in [9.17, 15) is 9.90 Å². The van der Waals surface area contributed by atoms with Gasteiger partial charge in [-0.3, -0.25) is 4.79 Å². The first-order valence-electron chi connectivity index (χ1n) is 6.99. The number of amides is 1. The molecule has 1 fully saturated rings. The Labute approximate surface area is 131 Å². The SMILES string of the molecule is Cc1ncc(C(=O)NCC2CNCC2O)c(C(C)C)n1.Cl. The van der Waals surface area contributed by atoms with E-state index in [2.05, 4.69) is 20.6 Å². The van der Waals surface area contributed by atoms with Crippen LogP contribution in [0.3, 0.4) is 0 Å².